The second kappa shape index (κ2) is 8.36. The molecule has 5 rings (SSSR count). The van der Waals surface area contributed by atoms with E-state index in [9.17, 15) is 4.79 Å². The maximum atomic E-state index is 12.5. The van der Waals surface area contributed by atoms with Crippen LogP contribution in [0.15, 0.2) is 48.8 Å². The molecule has 0 fully saturated rings. The molecule has 0 unspecified atom stereocenters. The van der Waals surface area contributed by atoms with E-state index in [4.69, 9.17) is 5.26 Å². The Labute approximate surface area is 191 Å². The van der Waals surface area contributed by atoms with E-state index >= 15 is 0 Å². The van der Waals surface area contributed by atoms with Crippen LogP contribution >= 0.6 is 0 Å². The lowest BCUT2D eigenvalue weighted by Crippen LogP contribution is -2.32. The van der Waals surface area contributed by atoms with Crippen molar-refractivity contribution >= 4 is 28.4 Å². The lowest BCUT2D eigenvalue weighted by atomic mass is 10.1. The first-order valence-electron chi connectivity index (χ1n) is 10.8. The summed E-state index contributed by atoms with van der Waals surface area (Å²) in [5.41, 5.74) is 7.07. The van der Waals surface area contributed by atoms with Gasteiger partial charge in [-0.1, -0.05) is 24.3 Å². The fourth-order valence-corrected chi connectivity index (χ4v) is 4.26. The first-order chi connectivity index (χ1) is 16.0. The third-order valence-corrected chi connectivity index (χ3v) is 5.95. The molecule has 3 heterocycles. The Kier molecular flexibility index (Phi) is 5.23. The molecule has 1 aliphatic heterocycles. The molecule has 1 amide bonds. The Morgan fingerprint density at radius 1 is 1.09 bits per heavy atom. The molecule has 4 aromatic rings. The van der Waals surface area contributed by atoms with Crippen molar-refractivity contribution in [3.63, 3.8) is 0 Å². The standard InChI is InChI=1S/C25H23N7O/c1-16-11-21(8-7-20(16)13-26)29-22(33)12-18-3-5-19(6-4-18)14-31-9-10-32-24-23(17(2)30-32)27-15-28-25(24)31/h3-8,11,15H,9-10,12,14H2,1-2H3,(H,29,33). The zero-order valence-corrected chi connectivity index (χ0v) is 18.5. The highest BCUT2D eigenvalue weighted by Crippen LogP contribution is 2.29. The van der Waals surface area contributed by atoms with E-state index in [0.29, 0.717) is 11.3 Å². The van der Waals surface area contributed by atoms with Crippen molar-refractivity contribution in [1.29, 1.82) is 5.26 Å². The van der Waals surface area contributed by atoms with Crippen LogP contribution in [0.25, 0.3) is 11.0 Å². The molecule has 2 aromatic heterocycles. The summed E-state index contributed by atoms with van der Waals surface area (Å²) in [7, 11) is 0. The van der Waals surface area contributed by atoms with E-state index in [0.717, 1.165) is 58.9 Å². The molecule has 0 aliphatic carbocycles. The van der Waals surface area contributed by atoms with Crippen molar-refractivity contribution < 1.29 is 4.79 Å². The molecule has 1 N–H and O–H groups in total. The summed E-state index contributed by atoms with van der Waals surface area (Å²) in [5.74, 6) is 0.822. The summed E-state index contributed by atoms with van der Waals surface area (Å²) >= 11 is 0. The van der Waals surface area contributed by atoms with E-state index in [1.165, 1.54) is 0 Å². The predicted molar refractivity (Wildman–Crippen MR) is 126 cm³/mol. The van der Waals surface area contributed by atoms with Gasteiger partial charge in [0.25, 0.3) is 0 Å². The molecule has 0 spiro atoms. The molecule has 33 heavy (non-hydrogen) atoms. The van der Waals surface area contributed by atoms with Gasteiger partial charge in [-0.25, -0.2) is 9.97 Å². The Morgan fingerprint density at radius 2 is 1.88 bits per heavy atom. The van der Waals surface area contributed by atoms with Crippen LogP contribution in [0.5, 0.6) is 0 Å². The summed E-state index contributed by atoms with van der Waals surface area (Å²) in [6.07, 6.45) is 1.89. The number of carbonyl (C=O) groups excluding carboxylic acids is 1. The number of aryl methyl sites for hydroxylation is 2. The van der Waals surface area contributed by atoms with Gasteiger partial charge in [-0.3, -0.25) is 9.48 Å². The van der Waals surface area contributed by atoms with Crippen LogP contribution < -0.4 is 10.2 Å². The van der Waals surface area contributed by atoms with Crippen LogP contribution in [0.3, 0.4) is 0 Å². The molecule has 0 atom stereocenters. The first-order valence-corrected chi connectivity index (χ1v) is 10.8. The third-order valence-electron chi connectivity index (χ3n) is 5.95. The topological polar surface area (TPSA) is 99.7 Å². The van der Waals surface area contributed by atoms with Gasteiger partial charge in [0.2, 0.25) is 5.91 Å². The minimum Gasteiger partial charge on any atom is -0.349 e. The fourth-order valence-electron chi connectivity index (χ4n) is 4.26. The van der Waals surface area contributed by atoms with E-state index in [1.54, 1.807) is 18.5 Å². The second-order valence-electron chi connectivity index (χ2n) is 8.31. The molecular formula is C25H23N7O. The maximum Gasteiger partial charge on any atom is 0.228 e. The normalized spacial score (nSPS) is 12.6. The van der Waals surface area contributed by atoms with Gasteiger partial charge in [-0.15, -0.1) is 0 Å². The minimum absolute atomic E-state index is 0.0881. The number of aromatic nitrogens is 4. The number of amides is 1. The van der Waals surface area contributed by atoms with Crippen LogP contribution in [-0.2, 0) is 24.3 Å². The Bertz CT molecular complexity index is 1400. The summed E-state index contributed by atoms with van der Waals surface area (Å²) < 4.78 is 1.99. The highest BCUT2D eigenvalue weighted by molar-refractivity contribution is 5.92. The number of carbonyl (C=O) groups is 1. The van der Waals surface area contributed by atoms with E-state index < -0.39 is 0 Å². The van der Waals surface area contributed by atoms with Crippen molar-refractivity contribution in [1.82, 2.24) is 19.7 Å². The van der Waals surface area contributed by atoms with Gasteiger partial charge in [-0.05, 0) is 48.7 Å². The number of hydrogen-bond acceptors (Lipinski definition) is 6. The van der Waals surface area contributed by atoms with Gasteiger partial charge in [-0.2, -0.15) is 10.4 Å². The smallest absolute Gasteiger partial charge is 0.228 e. The summed E-state index contributed by atoms with van der Waals surface area (Å²) in [6.45, 7) is 6.19. The van der Waals surface area contributed by atoms with Crippen molar-refractivity contribution in [3.8, 4) is 6.07 Å². The van der Waals surface area contributed by atoms with Gasteiger partial charge in [0, 0.05) is 18.8 Å². The van der Waals surface area contributed by atoms with Gasteiger partial charge in [0.1, 0.15) is 17.4 Å². The molecular weight excluding hydrogens is 414 g/mol. The minimum atomic E-state index is -0.0881. The third kappa shape index (κ3) is 4.01. The van der Waals surface area contributed by atoms with Crippen LogP contribution in [0.2, 0.25) is 0 Å². The number of nitrogens with zero attached hydrogens (tertiary/aromatic N) is 6. The van der Waals surface area contributed by atoms with Crippen LogP contribution in [0.4, 0.5) is 11.5 Å². The number of benzene rings is 2. The van der Waals surface area contributed by atoms with Crippen molar-refractivity contribution in [2.75, 3.05) is 16.8 Å². The molecule has 8 nitrogen and oxygen atoms in total. The van der Waals surface area contributed by atoms with Crippen molar-refractivity contribution in [2.45, 2.75) is 33.4 Å². The SMILES string of the molecule is Cc1cc(NC(=O)Cc2ccc(CN3CCn4nc(C)c5ncnc3c54)cc2)ccc1C#N. The Balaban J connectivity index is 1.25. The Morgan fingerprint density at radius 3 is 2.64 bits per heavy atom. The summed E-state index contributed by atoms with van der Waals surface area (Å²) in [4.78, 5) is 23.6. The number of hydrogen-bond donors (Lipinski definition) is 1. The number of rotatable bonds is 5. The molecule has 0 bridgehead atoms. The average Bonchev–Trinajstić information content (AvgIpc) is 3.14. The number of anilines is 2. The fraction of sp³-hybridized carbons (Fsp3) is 0.240. The van der Waals surface area contributed by atoms with Gasteiger partial charge in [0.05, 0.1) is 30.3 Å². The highest BCUT2D eigenvalue weighted by atomic mass is 16.1. The lowest BCUT2D eigenvalue weighted by Gasteiger charge is -2.28. The molecule has 164 valence electrons. The molecule has 0 saturated heterocycles. The second-order valence-corrected chi connectivity index (χ2v) is 8.31. The largest absolute Gasteiger partial charge is 0.349 e. The maximum absolute atomic E-state index is 12.5. The highest BCUT2D eigenvalue weighted by Gasteiger charge is 2.23. The van der Waals surface area contributed by atoms with Gasteiger partial charge < -0.3 is 10.2 Å². The molecule has 2 aromatic carbocycles. The summed E-state index contributed by atoms with van der Waals surface area (Å²) in [6, 6.07) is 15.5. The van der Waals surface area contributed by atoms with Crippen molar-refractivity contribution in [2.24, 2.45) is 0 Å². The van der Waals surface area contributed by atoms with Crippen LogP contribution in [0.1, 0.15) is 27.9 Å². The zero-order chi connectivity index (χ0) is 22.9. The quantitative estimate of drug-likeness (QED) is 0.513. The van der Waals surface area contributed by atoms with Crippen LogP contribution in [0, 0.1) is 25.2 Å². The lowest BCUT2D eigenvalue weighted by molar-refractivity contribution is -0.115. The first kappa shape index (κ1) is 20.6. The number of nitrogens with one attached hydrogen (secondary N) is 1. The van der Waals surface area contributed by atoms with E-state index in [-0.39, 0.29) is 12.3 Å². The molecule has 1 aliphatic rings. The van der Waals surface area contributed by atoms with E-state index in [2.05, 4.69) is 43.5 Å². The molecule has 8 heteroatoms. The molecule has 0 saturated carbocycles. The van der Waals surface area contributed by atoms with Crippen molar-refractivity contribution in [3.05, 3.63) is 76.7 Å². The monoisotopic (exact) mass is 437 g/mol. The van der Waals surface area contributed by atoms with Crippen LogP contribution in [-0.4, -0.2) is 32.2 Å². The van der Waals surface area contributed by atoms with E-state index in [1.807, 2.05) is 36.7 Å². The Hall–Kier alpha value is -4.25. The zero-order valence-electron chi connectivity index (χ0n) is 18.5. The van der Waals surface area contributed by atoms with Gasteiger partial charge >= 0.3 is 0 Å². The average molecular weight is 438 g/mol. The summed E-state index contributed by atoms with van der Waals surface area (Å²) in [5, 5.41) is 16.5. The van der Waals surface area contributed by atoms with Gasteiger partial charge in [0.15, 0.2) is 5.82 Å². The molecule has 0 radical (unpaired) electrons. The predicted octanol–water partition coefficient (Wildman–Crippen LogP) is 3.52. The number of nitriles is 1.